The van der Waals surface area contributed by atoms with Crippen molar-refractivity contribution in [3.8, 4) is 0 Å². The zero-order chi connectivity index (χ0) is 34.8. The largest absolute Gasteiger partial charge is 0.459 e. The van der Waals surface area contributed by atoms with Gasteiger partial charge in [0.1, 0.15) is 12.4 Å². The Morgan fingerprint density at radius 1 is 0.935 bits per heavy atom. The van der Waals surface area contributed by atoms with E-state index < -0.39 is 22.7 Å². The summed E-state index contributed by atoms with van der Waals surface area (Å²) in [5.41, 5.74) is 1.03. The summed E-state index contributed by atoms with van der Waals surface area (Å²) >= 11 is 0. The summed E-state index contributed by atoms with van der Waals surface area (Å²) in [7, 11) is -4.06. The van der Waals surface area contributed by atoms with E-state index in [0.717, 1.165) is 24.7 Å². The van der Waals surface area contributed by atoms with Crippen LogP contribution in [0.1, 0.15) is 101 Å². The highest BCUT2D eigenvalue weighted by atomic mass is 28.4. The number of esters is 1. The molecule has 3 saturated heterocycles. The third-order valence-electron chi connectivity index (χ3n) is 11.6. The van der Waals surface area contributed by atoms with Gasteiger partial charge in [0.15, 0.2) is 16.6 Å². The Morgan fingerprint density at radius 2 is 1.57 bits per heavy atom. The lowest BCUT2D eigenvalue weighted by Crippen LogP contribution is -2.63. The smallest absolute Gasteiger partial charge is 0.303 e. The van der Waals surface area contributed by atoms with Gasteiger partial charge in [-0.05, 0) is 67.0 Å². The molecule has 266 valence electrons. The Labute approximate surface area is 282 Å². The van der Waals surface area contributed by atoms with Gasteiger partial charge in [0.25, 0.3) is 0 Å². The van der Waals surface area contributed by atoms with Crippen LogP contribution in [0.25, 0.3) is 0 Å². The number of carbonyl (C=O) groups excluding carboxylic acids is 2. The number of hydrogen-bond acceptors (Lipinski definition) is 8. The van der Waals surface area contributed by atoms with Crippen molar-refractivity contribution in [2.45, 2.75) is 186 Å². The first-order valence-electron chi connectivity index (χ1n) is 17.7. The molecule has 3 aliphatic heterocycles. The van der Waals surface area contributed by atoms with E-state index >= 15 is 0 Å². The molecule has 3 heterocycles. The lowest BCUT2D eigenvalue weighted by Gasteiger charge is -2.53. The second kappa shape index (κ2) is 15.3. The molecular weight excluding hydrogens is 617 g/mol. The monoisotopic (exact) mass is 682 g/mol. The van der Waals surface area contributed by atoms with Crippen LogP contribution in [-0.2, 0) is 37.4 Å². The molecule has 46 heavy (non-hydrogen) atoms. The highest BCUT2D eigenvalue weighted by molar-refractivity contribution is 6.74. The average Bonchev–Trinajstić information content (AvgIpc) is 2.91. The maximum absolute atomic E-state index is 12.4. The lowest BCUT2D eigenvalue weighted by molar-refractivity contribution is -0.271. The van der Waals surface area contributed by atoms with Gasteiger partial charge in [-0.3, -0.25) is 4.79 Å². The molecule has 5 unspecified atom stereocenters. The number of fused-ring (bicyclic) bond motifs is 1. The number of rotatable bonds is 12. The third kappa shape index (κ3) is 9.63. The first-order valence-corrected chi connectivity index (χ1v) is 23.5. The molecule has 0 aliphatic carbocycles. The van der Waals surface area contributed by atoms with Crippen LogP contribution >= 0.6 is 0 Å². The molecule has 10 atom stereocenters. The van der Waals surface area contributed by atoms with Gasteiger partial charge in [-0.1, -0.05) is 62.0 Å². The van der Waals surface area contributed by atoms with Crippen LogP contribution < -0.4 is 0 Å². The maximum Gasteiger partial charge on any atom is 0.303 e. The van der Waals surface area contributed by atoms with Gasteiger partial charge in [-0.25, -0.2) is 0 Å². The predicted molar refractivity (Wildman–Crippen MR) is 188 cm³/mol. The summed E-state index contributed by atoms with van der Waals surface area (Å²) in [6.45, 7) is 33.5. The summed E-state index contributed by atoms with van der Waals surface area (Å²) in [5.74, 6) is -0.157. The standard InChI is InChI=1S/C36H66O8Si2/c1-23-20-27(16-15-18-37)41-29(24(23)2)21-31-33(40-26(4)38)25(3)34-32(42-31)22-30(44-46(13,14)36(8,9)10)28(43-34)17-19-39-45(11,12)35(5,6)7/h18,23,25,27-34H,2,15-17,19-22H2,1,3-14H3/t23-,25-,27?,28?,29?,30?,31+,32+,33?,34+/m1/s1. The van der Waals surface area contributed by atoms with Crippen molar-refractivity contribution in [2.24, 2.45) is 11.8 Å². The second-order valence-electron chi connectivity index (χ2n) is 17.3. The number of aldehydes is 1. The Morgan fingerprint density at radius 3 is 2.13 bits per heavy atom. The predicted octanol–water partition coefficient (Wildman–Crippen LogP) is 8.00. The Kier molecular flexibility index (Phi) is 13.2. The molecule has 0 radical (unpaired) electrons. The van der Waals surface area contributed by atoms with Crippen molar-refractivity contribution in [1.82, 2.24) is 0 Å². The van der Waals surface area contributed by atoms with Gasteiger partial charge < -0.3 is 32.6 Å². The number of ether oxygens (including phenoxy) is 4. The normalized spacial score (nSPS) is 34.6. The molecular formula is C36H66O8Si2. The van der Waals surface area contributed by atoms with E-state index in [2.05, 4.69) is 88.2 Å². The molecule has 3 aliphatic rings. The SMILES string of the molecule is C=C1C(C[C@@H]2O[C@H]3CC(O[Si](C)(C)C(C)(C)C)C(CCO[Si](C)(C)C(C)(C)C)O[C@H]3[C@H](C)C2OC(C)=O)OC(CCC=O)C[C@H]1C. The van der Waals surface area contributed by atoms with Crippen molar-refractivity contribution in [3.05, 3.63) is 12.2 Å². The molecule has 0 amide bonds. The quantitative estimate of drug-likeness (QED) is 0.0886. The molecule has 3 fully saturated rings. The molecule has 0 saturated carbocycles. The first-order chi connectivity index (χ1) is 21.1. The van der Waals surface area contributed by atoms with E-state index in [-0.39, 0.29) is 70.6 Å². The topological polar surface area (TPSA) is 89.5 Å². The third-order valence-corrected chi connectivity index (χ3v) is 20.7. The summed E-state index contributed by atoms with van der Waals surface area (Å²) in [4.78, 5) is 23.5. The molecule has 0 aromatic rings. The van der Waals surface area contributed by atoms with Gasteiger partial charge in [0.2, 0.25) is 0 Å². The van der Waals surface area contributed by atoms with Crippen LogP contribution in [0.15, 0.2) is 12.2 Å². The van der Waals surface area contributed by atoms with Crippen molar-refractivity contribution < 1.29 is 37.4 Å². The van der Waals surface area contributed by atoms with E-state index in [1.165, 1.54) is 6.92 Å². The minimum Gasteiger partial charge on any atom is -0.459 e. The van der Waals surface area contributed by atoms with E-state index in [9.17, 15) is 9.59 Å². The van der Waals surface area contributed by atoms with Crippen molar-refractivity contribution in [1.29, 1.82) is 0 Å². The van der Waals surface area contributed by atoms with Gasteiger partial charge >= 0.3 is 5.97 Å². The van der Waals surface area contributed by atoms with E-state index in [0.29, 0.717) is 32.3 Å². The molecule has 0 spiro atoms. The van der Waals surface area contributed by atoms with Crippen LogP contribution in [0.4, 0.5) is 0 Å². The summed E-state index contributed by atoms with van der Waals surface area (Å²) in [6, 6.07) is 0. The number of carbonyl (C=O) groups is 2. The Bertz CT molecular complexity index is 1050. The minimum atomic E-state index is -2.13. The van der Waals surface area contributed by atoms with Crippen molar-refractivity contribution in [2.75, 3.05) is 6.61 Å². The van der Waals surface area contributed by atoms with Crippen LogP contribution in [0.5, 0.6) is 0 Å². The summed E-state index contributed by atoms with van der Waals surface area (Å²) < 4.78 is 40.0. The van der Waals surface area contributed by atoms with Gasteiger partial charge in [-0.15, -0.1) is 0 Å². The van der Waals surface area contributed by atoms with Crippen LogP contribution in [0.2, 0.25) is 36.3 Å². The van der Waals surface area contributed by atoms with E-state index in [4.69, 9.17) is 27.8 Å². The van der Waals surface area contributed by atoms with Gasteiger partial charge in [0.05, 0.1) is 42.7 Å². The van der Waals surface area contributed by atoms with Crippen LogP contribution in [0, 0.1) is 11.8 Å². The van der Waals surface area contributed by atoms with Crippen molar-refractivity contribution in [3.63, 3.8) is 0 Å². The summed E-state index contributed by atoms with van der Waals surface area (Å²) in [5, 5.41) is 0.172. The zero-order valence-electron chi connectivity index (χ0n) is 31.3. The molecule has 0 aromatic carbocycles. The van der Waals surface area contributed by atoms with Crippen LogP contribution in [0.3, 0.4) is 0 Å². The van der Waals surface area contributed by atoms with E-state index in [1.807, 2.05) is 0 Å². The fraction of sp³-hybridized carbons (Fsp3) is 0.889. The molecule has 0 bridgehead atoms. The highest BCUT2D eigenvalue weighted by Crippen LogP contribution is 2.45. The molecule has 8 nitrogen and oxygen atoms in total. The Hall–Kier alpha value is -0.886. The number of hydrogen-bond donors (Lipinski definition) is 0. The highest BCUT2D eigenvalue weighted by Gasteiger charge is 2.53. The lowest BCUT2D eigenvalue weighted by atomic mass is 9.79. The second-order valence-corrected chi connectivity index (χ2v) is 26.8. The van der Waals surface area contributed by atoms with Crippen LogP contribution in [-0.4, -0.2) is 84.3 Å². The molecule has 3 rings (SSSR count). The average molecular weight is 683 g/mol. The fourth-order valence-electron chi connectivity index (χ4n) is 6.56. The maximum atomic E-state index is 12.4. The zero-order valence-corrected chi connectivity index (χ0v) is 33.3. The van der Waals surface area contributed by atoms with Crippen molar-refractivity contribution >= 4 is 28.9 Å². The first kappa shape index (κ1) is 39.6. The van der Waals surface area contributed by atoms with Gasteiger partial charge in [0, 0.05) is 38.7 Å². The Balaban J connectivity index is 1.86. The molecule has 10 heteroatoms. The fourth-order valence-corrected chi connectivity index (χ4v) is 8.98. The van der Waals surface area contributed by atoms with Gasteiger partial charge in [-0.2, -0.15) is 0 Å². The molecule has 0 aromatic heterocycles. The summed E-state index contributed by atoms with van der Waals surface area (Å²) in [6.07, 6.45) is 3.10. The molecule has 0 N–H and O–H groups in total. The van der Waals surface area contributed by atoms with E-state index in [1.54, 1.807) is 0 Å². The minimum absolute atomic E-state index is 0.00804.